The van der Waals surface area contributed by atoms with E-state index in [1.54, 1.807) is 14.2 Å². The summed E-state index contributed by atoms with van der Waals surface area (Å²) >= 11 is 0. The van der Waals surface area contributed by atoms with Gasteiger partial charge in [0.25, 0.3) is 0 Å². The summed E-state index contributed by atoms with van der Waals surface area (Å²) in [4.78, 5) is 12.8. The van der Waals surface area contributed by atoms with Gasteiger partial charge in [0.2, 0.25) is 0 Å². The second-order valence-corrected chi connectivity index (χ2v) is 7.41. The summed E-state index contributed by atoms with van der Waals surface area (Å²) in [5.41, 5.74) is 3.48. The lowest BCUT2D eigenvalue weighted by molar-refractivity contribution is 0.0846. The molecule has 138 valence electrons. The largest absolute Gasteiger partial charge is 0.496 e. The SMILES string of the molecule is COc1cc(CC(=O)c2ccc3c(c2)CCC(C)(C)O3)cc(OC)c1C. The maximum absolute atomic E-state index is 12.8. The number of ether oxygens (including phenoxy) is 3. The fraction of sp³-hybridized carbons (Fsp3) is 0.409. The Bertz CT molecular complexity index is 811. The molecule has 0 fully saturated rings. The molecule has 0 aliphatic carbocycles. The highest BCUT2D eigenvalue weighted by Crippen LogP contribution is 2.34. The Hall–Kier alpha value is -2.49. The predicted molar refractivity (Wildman–Crippen MR) is 102 cm³/mol. The van der Waals surface area contributed by atoms with E-state index in [2.05, 4.69) is 13.8 Å². The van der Waals surface area contributed by atoms with Crippen LogP contribution in [0.25, 0.3) is 0 Å². The number of methoxy groups -OCH3 is 2. The van der Waals surface area contributed by atoms with Crippen molar-refractivity contribution in [2.45, 2.75) is 45.6 Å². The van der Waals surface area contributed by atoms with Gasteiger partial charge < -0.3 is 14.2 Å². The van der Waals surface area contributed by atoms with Crippen molar-refractivity contribution in [2.24, 2.45) is 0 Å². The Morgan fingerprint density at radius 1 is 1.12 bits per heavy atom. The molecule has 0 saturated heterocycles. The molecule has 0 unspecified atom stereocenters. The van der Waals surface area contributed by atoms with Crippen LogP contribution in [0.2, 0.25) is 0 Å². The first-order valence-electron chi connectivity index (χ1n) is 8.89. The molecule has 4 nitrogen and oxygen atoms in total. The lowest BCUT2D eigenvalue weighted by atomic mass is 9.92. The van der Waals surface area contributed by atoms with Gasteiger partial charge in [-0.25, -0.2) is 0 Å². The van der Waals surface area contributed by atoms with Crippen molar-refractivity contribution in [1.82, 2.24) is 0 Å². The van der Waals surface area contributed by atoms with Crippen LogP contribution in [0.1, 0.15) is 47.3 Å². The summed E-state index contributed by atoms with van der Waals surface area (Å²) in [6.45, 7) is 6.12. The average Bonchev–Trinajstić information content (AvgIpc) is 2.61. The highest BCUT2D eigenvalue weighted by Gasteiger charge is 2.27. The molecule has 0 saturated carbocycles. The predicted octanol–water partition coefficient (Wildman–Crippen LogP) is 4.54. The normalized spacial score (nSPS) is 15.0. The van der Waals surface area contributed by atoms with Crippen LogP contribution in [-0.2, 0) is 12.8 Å². The molecule has 3 rings (SSSR count). The molecule has 2 aromatic carbocycles. The van der Waals surface area contributed by atoms with E-state index in [9.17, 15) is 4.79 Å². The Kier molecular flexibility index (Phi) is 4.94. The van der Waals surface area contributed by atoms with Gasteiger partial charge in [-0.05, 0) is 75.1 Å². The van der Waals surface area contributed by atoms with Crippen LogP contribution >= 0.6 is 0 Å². The van der Waals surface area contributed by atoms with Crippen LogP contribution in [-0.4, -0.2) is 25.6 Å². The van der Waals surface area contributed by atoms with E-state index in [0.717, 1.165) is 46.8 Å². The van der Waals surface area contributed by atoms with Crippen molar-refractivity contribution in [3.63, 3.8) is 0 Å². The number of hydrogen-bond donors (Lipinski definition) is 0. The minimum Gasteiger partial charge on any atom is -0.496 e. The van der Waals surface area contributed by atoms with Gasteiger partial charge in [-0.1, -0.05) is 0 Å². The van der Waals surface area contributed by atoms with Crippen LogP contribution in [0, 0.1) is 6.92 Å². The molecule has 1 heterocycles. The van der Waals surface area contributed by atoms with E-state index >= 15 is 0 Å². The monoisotopic (exact) mass is 354 g/mol. The number of hydrogen-bond acceptors (Lipinski definition) is 4. The minimum absolute atomic E-state index is 0.0746. The second kappa shape index (κ2) is 7.02. The van der Waals surface area contributed by atoms with E-state index in [1.165, 1.54) is 0 Å². The zero-order valence-electron chi connectivity index (χ0n) is 16.1. The zero-order chi connectivity index (χ0) is 18.9. The maximum atomic E-state index is 12.8. The summed E-state index contributed by atoms with van der Waals surface area (Å²) in [6, 6.07) is 9.54. The molecule has 2 aromatic rings. The van der Waals surface area contributed by atoms with Gasteiger partial charge in [-0.2, -0.15) is 0 Å². The van der Waals surface area contributed by atoms with Gasteiger partial charge >= 0.3 is 0 Å². The van der Waals surface area contributed by atoms with Crippen molar-refractivity contribution in [3.05, 3.63) is 52.6 Å². The smallest absolute Gasteiger partial charge is 0.167 e. The summed E-state index contributed by atoms with van der Waals surface area (Å²) < 4.78 is 16.8. The van der Waals surface area contributed by atoms with Crippen LogP contribution in [0.5, 0.6) is 17.2 Å². The molecule has 0 amide bonds. The topological polar surface area (TPSA) is 44.8 Å². The van der Waals surface area contributed by atoms with E-state index in [1.807, 2.05) is 37.3 Å². The van der Waals surface area contributed by atoms with E-state index < -0.39 is 0 Å². The van der Waals surface area contributed by atoms with Crippen molar-refractivity contribution < 1.29 is 19.0 Å². The minimum atomic E-state index is -0.145. The lowest BCUT2D eigenvalue weighted by Gasteiger charge is -2.32. The van der Waals surface area contributed by atoms with Gasteiger partial charge in [0, 0.05) is 17.5 Å². The molecule has 1 aliphatic heterocycles. The van der Waals surface area contributed by atoms with Gasteiger partial charge in [-0.15, -0.1) is 0 Å². The van der Waals surface area contributed by atoms with E-state index in [-0.39, 0.29) is 11.4 Å². The molecule has 26 heavy (non-hydrogen) atoms. The standard InChI is InChI=1S/C22H26O4/c1-14-20(24-4)11-15(12-21(14)25-5)10-18(23)16-6-7-19-17(13-16)8-9-22(2,3)26-19/h6-7,11-13H,8-10H2,1-5H3. The third-order valence-corrected chi connectivity index (χ3v) is 4.94. The van der Waals surface area contributed by atoms with Gasteiger partial charge in [0.1, 0.15) is 22.8 Å². The molecular formula is C22H26O4. The molecule has 0 atom stereocenters. The highest BCUT2D eigenvalue weighted by molar-refractivity contribution is 5.98. The van der Waals surface area contributed by atoms with Gasteiger partial charge in [-0.3, -0.25) is 4.79 Å². The number of rotatable bonds is 5. The van der Waals surface area contributed by atoms with Crippen molar-refractivity contribution in [2.75, 3.05) is 14.2 Å². The molecule has 0 N–H and O–H groups in total. The van der Waals surface area contributed by atoms with Crippen molar-refractivity contribution in [1.29, 1.82) is 0 Å². The van der Waals surface area contributed by atoms with Crippen LogP contribution in [0.4, 0.5) is 0 Å². The first kappa shape index (κ1) is 18.3. The molecule has 0 spiro atoms. The maximum Gasteiger partial charge on any atom is 0.167 e. The van der Waals surface area contributed by atoms with Crippen molar-refractivity contribution >= 4 is 5.78 Å². The number of ketones is 1. The lowest BCUT2D eigenvalue weighted by Crippen LogP contribution is -2.32. The first-order chi connectivity index (χ1) is 12.3. The average molecular weight is 354 g/mol. The molecule has 1 aliphatic rings. The number of aryl methyl sites for hydroxylation is 1. The summed E-state index contributed by atoms with van der Waals surface area (Å²) in [7, 11) is 3.25. The van der Waals surface area contributed by atoms with Crippen molar-refractivity contribution in [3.8, 4) is 17.2 Å². The summed E-state index contributed by atoms with van der Waals surface area (Å²) in [5.74, 6) is 2.42. The number of fused-ring (bicyclic) bond motifs is 1. The number of carbonyl (C=O) groups excluding carboxylic acids is 1. The van der Waals surface area contributed by atoms with Crippen LogP contribution < -0.4 is 14.2 Å². The molecule has 4 heteroatoms. The van der Waals surface area contributed by atoms with Crippen LogP contribution in [0.15, 0.2) is 30.3 Å². The Labute approximate surface area is 155 Å². The summed E-state index contributed by atoms with van der Waals surface area (Å²) in [5, 5.41) is 0. The van der Waals surface area contributed by atoms with Gasteiger partial charge in [0.05, 0.1) is 14.2 Å². The molecular weight excluding hydrogens is 328 g/mol. The third kappa shape index (κ3) is 3.69. The third-order valence-electron chi connectivity index (χ3n) is 4.94. The molecule has 0 aromatic heterocycles. The fourth-order valence-electron chi connectivity index (χ4n) is 3.36. The molecule has 0 bridgehead atoms. The number of carbonyl (C=O) groups is 1. The van der Waals surface area contributed by atoms with E-state index in [4.69, 9.17) is 14.2 Å². The van der Waals surface area contributed by atoms with E-state index in [0.29, 0.717) is 12.0 Å². The summed E-state index contributed by atoms with van der Waals surface area (Å²) in [6.07, 6.45) is 2.18. The number of benzene rings is 2. The molecule has 0 radical (unpaired) electrons. The Morgan fingerprint density at radius 3 is 2.38 bits per heavy atom. The first-order valence-corrected chi connectivity index (χ1v) is 8.89. The number of Topliss-reactive ketones (excluding diaryl/α,β-unsaturated/α-hetero) is 1. The van der Waals surface area contributed by atoms with Crippen LogP contribution in [0.3, 0.4) is 0 Å². The Balaban J connectivity index is 1.83. The fourth-order valence-corrected chi connectivity index (χ4v) is 3.36. The quantitative estimate of drug-likeness (QED) is 0.740. The Morgan fingerprint density at radius 2 is 1.77 bits per heavy atom. The zero-order valence-corrected chi connectivity index (χ0v) is 16.1. The van der Waals surface area contributed by atoms with Gasteiger partial charge in [0.15, 0.2) is 5.78 Å². The second-order valence-electron chi connectivity index (χ2n) is 7.41. The highest BCUT2D eigenvalue weighted by atomic mass is 16.5.